The highest BCUT2D eigenvalue weighted by molar-refractivity contribution is 5.90. The van der Waals surface area contributed by atoms with E-state index in [1.807, 2.05) is 48.5 Å². The Morgan fingerprint density at radius 3 is 2.79 bits per heavy atom. The zero-order valence-electron chi connectivity index (χ0n) is 13.5. The van der Waals surface area contributed by atoms with E-state index in [0.29, 0.717) is 12.5 Å². The highest BCUT2D eigenvalue weighted by atomic mass is 16.3. The van der Waals surface area contributed by atoms with Gasteiger partial charge in [-0.2, -0.15) is 4.98 Å². The Morgan fingerprint density at radius 1 is 1.17 bits per heavy atom. The number of benzene rings is 2. The summed E-state index contributed by atoms with van der Waals surface area (Å²) in [5.74, 6) is 1.26. The molecule has 24 heavy (non-hydrogen) atoms. The Hall–Kier alpha value is -2.92. The summed E-state index contributed by atoms with van der Waals surface area (Å²) in [5, 5.41) is 17.1. The molecule has 0 saturated heterocycles. The molecule has 0 radical (unpaired) electrons. The van der Waals surface area contributed by atoms with Crippen molar-refractivity contribution in [2.24, 2.45) is 0 Å². The van der Waals surface area contributed by atoms with Crippen molar-refractivity contribution < 1.29 is 5.11 Å². The molecule has 5 heteroatoms. The van der Waals surface area contributed by atoms with Gasteiger partial charge in [-0.05, 0) is 36.8 Å². The van der Waals surface area contributed by atoms with Crippen LogP contribution in [0.2, 0.25) is 0 Å². The van der Waals surface area contributed by atoms with Gasteiger partial charge in [-0.1, -0.05) is 30.3 Å². The molecule has 5 nitrogen and oxygen atoms in total. The molecule has 0 bridgehead atoms. The van der Waals surface area contributed by atoms with E-state index in [4.69, 9.17) is 0 Å². The predicted molar refractivity (Wildman–Crippen MR) is 98.6 cm³/mol. The van der Waals surface area contributed by atoms with E-state index in [9.17, 15) is 5.11 Å². The Balaban J connectivity index is 1.97. The van der Waals surface area contributed by atoms with Gasteiger partial charge in [0, 0.05) is 17.6 Å². The first kappa shape index (κ1) is 16.0. The molecule has 0 unspecified atom stereocenters. The van der Waals surface area contributed by atoms with E-state index in [0.717, 1.165) is 28.0 Å². The lowest BCUT2D eigenvalue weighted by molar-refractivity contribution is 0.199. The third-order valence-corrected chi connectivity index (χ3v) is 3.64. The van der Waals surface area contributed by atoms with Crippen LogP contribution < -0.4 is 10.6 Å². The lowest BCUT2D eigenvalue weighted by Crippen LogP contribution is -2.05. The van der Waals surface area contributed by atoms with E-state index >= 15 is 0 Å². The minimum absolute atomic E-state index is 0.503. The molecular weight excluding hydrogens is 300 g/mol. The second-order valence-electron chi connectivity index (χ2n) is 5.51. The zero-order valence-corrected chi connectivity index (χ0v) is 13.5. The first-order valence-corrected chi connectivity index (χ1v) is 7.84. The molecule has 0 aliphatic rings. The molecule has 3 N–H and O–H groups in total. The highest BCUT2D eigenvalue weighted by Gasteiger charge is 2.08. The maximum atomic E-state index is 9.72. The van der Waals surface area contributed by atoms with Crippen molar-refractivity contribution >= 4 is 28.4 Å². The van der Waals surface area contributed by atoms with Gasteiger partial charge in [0.25, 0.3) is 0 Å². The van der Waals surface area contributed by atoms with E-state index in [1.54, 1.807) is 13.0 Å². The van der Waals surface area contributed by atoms with Gasteiger partial charge in [-0.25, -0.2) is 4.98 Å². The monoisotopic (exact) mass is 320 g/mol. The molecule has 0 saturated carbocycles. The maximum Gasteiger partial charge on any atom is 0.229 e. The van der Waals surface area contributed by atoms with Crippen LogP contribution in [-0.4, -0.2) is 21.6 Å². The molecule has 0 spiro atoms. The SMILES string of the molecule is C=CCNc1nc(Nc2cccc([C@@H](C)O)c2)nc2ccccc12. The minimum atomic E-state index is -0.519. The van der Waals surface area contributed by atoms with Crippen LogP contribution in [0.5, 0.6) is 0 Å². The van der Waals surface area contributed by atoms with Crippen molar-refractivity contribution in [2.45, 2.75) is 13.0 Å². The summed E-state index contributed by atoms with van der Waals surface area (Å²) in [6.45, 7) is 6.09. The van der Waals surface area contributed by atoms with Gasteiger partial charge >= 0.3 is 0 Å². The second-order valence-corrected chi connectivity index (χ2v) is 5.51. The fraction of sp³-hybridized carbons (Fsp3) is 0.158. The number of aliphatic hydroxyl groups is 1. The summed E-state index contributed by atoms with van der Waals surface area (Å²) in [4.78, 5) is 9.13. The first-order chi connectivity index (χ1) is 11.7. The minimum Gasteiger partial charge on any atom is -0.389 e. The number of nitrogens with one attached hydrogen (secondary N) is 2. The quantitative estimate of drug-likeness (QED) is 0.598. The van der Waals surface area contributed by atoms with Gasteiger partial charge in [0.2, 0.25) is 5.95 Å². The molecule has 0 aliphatic carbocycles. The molecule has 0 aliphatic heterocycles. The van der Waals surface area contributed by atoms with Gasteiger partial charge in [-0.3, -0.25) is 0 Å². The molecule has 3 aromatic rings. The standard InChI is InChI=1S/C19H20N4O/c1-3-11-20-18-16-9-4-5-10-17(16)22-19(23-18)21-15-8-6-7-14(12-15)13(2)24/h3-10,12-13,24H,1,11H2,2H3,(H2,20,21,22,23)/t13-/m1/s1. The summed E-state index contributed by atoms with van der Waals surface area (Å²) in [6.07, 6.45) is 1.27. The van der Waals surface area contributed by atoms with Crippen molar-refractivity contribution in [3.8, 4) is 0 Å². The van der Waals surface area contributed by atoms with E-state index < -0.39 is 6.10 Å². The highest BCUT2D eigenvalue weighted by Crippen LogP contribution is 2.24. The number of nitrogens with zero attached hydrogens (tertiary/aromatic N) is 2. The maximum absolute atomic E-state index is 9.72. The van der Waals surface area contributed by atoms with E-state index in [2.05, 4.69) is 27.2 Å². The molecule has 1 heterocycles. The van der Waals surface area contributed by atoms with Crippen LogP contribution in [-0.2, 0) is 0 Å². The van der Waals surface area contributed by atoms with Crippen LogP contribution in [0.25, 0.3) is 10.9 Å². The van der Waals surface area contributed by atoms with Crippen molar-refractivity contribution in [1.82, 2.24) is 9.97 Å². The molecule has 0 fully saturated rings. The smallest absolute Gasteiger partial charge is 0.229 e. The molecule has 1 aromatic heterocycles. The van der Waals surface area contributed by atoms with Crippen molar-refractivity contribution in [3.63, 3.8) is 0 Å². The number of anilines is 3. The van der Waals surface area contributed by atoms with Crippen LogP contribution in [0.1, 0.15) is 18.6 Å². The molecule has 0 amide bonds. The summed E-state index contributed by atoms with van der Waals surface area (Å²) in [6, 6.07) is 15.4. The van der Waals surface area contributed by atoms with Crippen LogP contribution in [0.15, 0.2) is 61.2 Å². The Kier molecular flexibility index (Phi) is 4.72. The van der Waals surface area contributed by atoms with Crippen LogP contribution >= 0.6 is 0 Å². The third-order valence-electron chi connectivity index (χ3n) is 3.64. The van der Waals surface area contributed by atoms with Gasteiger partial charge < -0.3 is 15.7 Å². The van der Waals surface area contributed by atoms with Gasteiger partial charge in [0.15, 0.2) is 0 Å². The number of aliphatic hydroxyl groups excluding tert-OH is 1. The lowest BCUT2D eigenvalue weighted by Gasteiger charge is -2.12. The summed E-state index contributed by atoms with van der Waals surface area (Å²) in [5.41, 5.74) is 2.53. The third kappa shape index (κ3) is 3.52. The average molecular weight is 320 g/mol. The molecule has 122 valence electrons. The van der Waals surface area contributed by atoms with Crippen molar-refractivity contribution in [2.75, 3.05) is 17.2 Å². The fourth-order valence-electron chi connectivity index (χ4n) is 2.44. The Morgan fingerprint density at radius 2 is 2.00 bits per heavy atom. The summed E-state index contributed by atoms with van der Waals surface area (Å²) < 4.78 is 0. The van der Waals surface area contributed by atoms with E-state index in [1.165, 1.54) is 0 Å². The fourth-order valence-corrected chi connectivity index (χ4v) is 2.44. The number of hydrogen-bond acceptors (Lipinski definition) is 5. The first-order valence-electron chi connectivity index (χ1n) is 7.84. The molecule has 3 rings (SSSR count). The Labute approximate surface area is 141 Å². The normalized spacial score (nSPS) is 11.9. The van der Waals surface area contributed by atoms with Gasteiger partial charge in [0.1, 0.15) is 5.82 Å². The lowest BCUT2D eigenvalue weighted by atomic mass is 10.1. The largest absolute Gasteiger partial charge is 0.389 e. The van der Waals surface area contributed by atoms with Crippen LogP contribution in [0, 0.1) is 0 Å². The average Bonchev–Trinajstić information content (AvgIpc) is 2.60. The molecular formula is C19H20N4O. The summed E-state index contributed by atoms with van der Waals surface area (Å²) >= 11 is 0. The second kappa shape index (κ2) is 7.10. The van der Waals surface area contributed by atoms with Gasteiger partial charge in [0.05, 0.1) is 11.6 Å². The molecule has 1 atom stereocenters. The zero-order chi connectivity index (χ0) is 16.9. The van der Waals surface area contributed by atoms with Gasteiger partial charge in [-0.15, -0.1) is 6.58 Å². The summed E-state index contributed by atoms with van der Waals surface area (Å²) in [7, 11) is 0. The number of fused-ring (bicyclic) bond motifs is 1. The molecule has 2 aromatic carbocycles. The Bertz CT molecular complexity index is 861. The number of rotatable bonds is 6. The van der Waals surface area contributed by atoms with E-state index in [-0.39, 0.29) is 0 Å². The predicted octanol–water partition coefficient (Wildman–Crippen LogP) is 4.02. The van der Waals surface area contributed by atoms with Crippen LogP contribution in [0.3, 0.4) is 0 Å². The van der Waals surface area contributed by atoms with Crippen molar-refractivity contribution in [1.29, 1.82) is 0 Å². The topological polar surface area (TPSA) is 70.1 Å². The van der Waals surface area contributed by atoms with Crippen LogP contribution in [0.4, 0.5) is 17.5 Å². The van der Waals surface area contributed by atoms with Crippen molar-refractivity contribution in [3.05, 3.63) is 66.7 Å². The number of hydrogen-bond donors (Lipinski definition) is 3. The number of aromatic nitrogens is 2. The number of para-hydroxylation sites is 1.